The van der Waals surface area contributed by atoms with Gasteiger partial charge in [-0.1, -0.05) is 0 Å². The van der Waals surface area contributed by atoms with E-state index in [2.05, 4.69) is 0 Å². The molecule has 1 heterocycles. The molecule has 0 bridgehead atoms. The smallest absolute Gasteiger partial charge is 0.342 e. The highest BCUT2D eigenvalue weighted by molar-refractivity contribution is 7.90. The first-order valence-corrected chi connectivity index (χ1v) is 6.69. The highest BCUT2D eigenvalue weighted by Gasteiger charge is 2.20. The molecule has 0 radical (unpaired) electrons. The van der Waals surface area contributed by atoms with E-state index in [0.29, 0.717) is 16.7 Å². The van der Waals surface area contributed by atoms with Crippen LogP contribution in [0.5, 0.6) is 0 Å². The highest BCUT2D eigenvalue weighted by Crippen LogP contribution is 2.17. The van der Waals surface area contributed by atoms with Crippen LogP contribution in [-0.2, 0) is 17.1 Å². The molecule has 0 saturated carbocycles. The standard InChI is InChI=1S/C10H13N3O3S/c1-3-17(15,16)13-9-6-7(11)4-5-8(9)12(2)10(13)14/h4-6H,3,11H2,1-2H3. The van der Waals surface area contributed by atoms with Gasteiger partial charge >= 0.3 is 5.69 Å². The summed E-state index contributed by atoms with van der Waals surface area (Å²) in [5.41, 5.74) is 6.32. The number of nitrogens with zero attached hydrogens (tertiary/aromatic N) is 2. The summed E-state index contributed by atoms with van der Waals surface area (Å²) in [6.07, 6.45) is 0. The Morgan fingerprint density at radius 3 is 2.53 bits per heavy atom. The molecule has 92 valence electrons. The fourth-order valence-electron chi connectivity index (χ4n) is 1.73. The minimum atomic E-state index is -3.62. The fourth-order valence-corrected chi connectivity index (χ4v) is 2.79. The minimum Gasteiger partial charge on any atom is -0.399 e. The van der Waals surface area contributed by atoms with E-state index in [9.17, 15) is 13.2 Å². The molecule has 17 heavy (non-hydrogen) atoms. The van der Waals surface area contributed by atoms with Crippen molar-refractivity contribution in [3.8, 4) is 0 Å². The van der Waals surface area contributed by atoms with Gasteiger partial charge in [0.05, 0.1) is 16.8 Å². The number of aromatic nitrogens is 2. The van der Waals surface area contributed by atoms with Crippen molar-refractivity contribution >= 4 is 26.7 Å². The largest absolute Gasteiger partial charge is 0.399 e. The normalized spacial score (nSPS) is 12.1. The Balaban J connectivity index is 3.03. The Labute approximate surface area is 98.3 Å². The molecule has 6 nitrogen and oxygen atoms in total. The minimum absolute atomic E-state index is 0.138. The van der Waals surface area contributed by atoms with Crippen molar-refractivity contribution in [1.82, 2.24) is 8.54 Å². The molecule has 2 N–H and O–H groups in total. The summed E-state index contributed by atoms with van der Waals surface area (Å²) in [6, 6.07) is 4.75. The fraction of sp³-hybridized carbons (Fsp3) is 0.300. The zero-order valence-corrected chi connectivity index (χ0v) is 10.4. The van der Waals surface area contributed by atoms with Gasteiger partial charge in [-0.25, -0.2) is 13.2 Å². The van der Waals surface area contributed by atoms with Gasteiger partial charge < -0.3 is 5.73 Å². The van der Waals surface area contributed by atoms with Crippen molar-refractivity contribution in [2.24, 2.45) is 7.05 Å². The summed E-state index contributed by atoms with van der Waals surface area (Å²) in [7, 11) is -2.09. The van der Waals surface area contributed by atoms with Gasteiger partial charge in [-0.2, -0.15) is 3.97 Å². The molecule has 0 spiro atoms. The summed E-state index contributed by atoms with van der Waals surface area (Å²) in [4.78, 5) is 11.9. The molecule has 0 amide bonds. The third kappa shape index (κ3) is 1.62. The topological polar surface area (TPSA) is 87.1 Å². The van der Waals surface area contributed by atoms with Crippen LogP contribution in [-0.4, -0.2) is 22.7 Å². The number of fused-ring (bicyclic) bond motifs is 1. The second-order valence-corrected chi connectivity index (χ2v) is 5.86. The number of rotatable bonds is 2. The van der Waals surface area contributed by atoms with Crippen LogP contribution in [0.4, 0.5) is 5.69 Å². The van der Waals surface area contributed by atoms with Crippen LogP contribution in [0.15, 0.2) is 23.0 Å². The zero-order chi connectivity index (χ0) is 12.8. The summed E-state index contributed by atoms with van der Waals surface area (Å²) < 4.78 is 25.8. The highest BCUT2D eigenvalue weighted by atomic mass is 32.2. The molecule has 0 saturated heterocycles. The second kappa shape index (κ2) is 3.63. The lowest BCUT2D eigenvalue weighted by atomic mass is 10.3. The van der Waals surface area contributed by atoms with Crippen molar-refractivity contribution in [2.75, 3.05) is 11.5 Å². The van der Waals surface area contributed by atoms with Gasteiger partial charge in [0.1, 0.15) is 0 Å². The molecule has 0 aliphatic heterocycles. The molecular formula is C10H13N3O3S. The van der Waals surface area contributed by atoms with Crippen LogP contribution in [0, 0.1) is 0 Å². The number of aryl methyl sites for hydroxylation is 1. The predicted octanol–water partition coefficient (Wildman–Crippen LogP) is 0.120. The number of nitrogen functional groups attached to an aromatic ring is 1. The van der Waals surface area contributed by atoms with Crippen LogP contribution < -0.4 is 11.4 Å². The molecule has 7 heteroatoms. The van der Waals surface area contributed by atoms with E-state index in [0.717, 1.165) is 3.97 Å². The van der Waals surface area contributed by atoms with Crippen molar-refractivity contribution in [1.29, 1.82) is 0 Å². The van der Waals surface area contributed by atoms with E-state index in [4.69, 9.17) is 5.73 Å². The van der Waals surface area contributed by atoms with Gasteiger partial charge in [0.2, 0.25) is 10.0 Å². The zero-order valence-electron chi connectivity index (χ0n) is 9.54. The molecule has 0 aliphatic carbocycles. The molecule has 0 atom stereocenters. The Morgan fingerprint density at radius 1 is 1.29 bits per heavy atom. The maximum Gasteiger partial charge on any atom is 0.342 e. The van der Waals surface area contributed by atoms with E-state index in [1.165, 1.54) is 24.6 Å². The van der Waals surface area contributed by atoms with Gasteiger partial charge in [0.15, 0.2) is 0 Å². The molecule has 0 aliphatic rings. The van der Waals surface area contributed by atoms with Crippen LogP contribution in [0.3, 0.4) is 0 Å². The maximum absolute atomic E-state index is 11.9. The van der Waals surface area contributed by atoms with Gasteiger partial charge in [0.25, 0.3) is 0 Å². The van der Waals surface area contributed by atoms with Gasteiger partial charge in [-0.15, -0.1) is 0 Å². The summed E-state index contributed by atoms with van der Waals surface area (Å²) in [5, 5.41) is 0. The molecule has 2 aromatic rings. The number of anilines is 1. The number of imidazole rings is 1. The Kier molecular flexibility index (Phi) is 2.50. The van der Waals surface area contributed by atoms with Crippen LogP contribution in [0.1, 0.15) is 6.92 Å². The quantitative estimate of drug-likeness (QED) is 0.772. The lowest BCUT2D eigenvalue weighted by Crippen LogP contribution is -2.29. The number of hydrogen-bond acceptors (Lipinski definition) is 4. The molecular weight excluding hydrogens is 242 g/mol. The molecule has 0 fully saturated rings. The Hall–Kier alpha value is -1.76. The summed E-state index contributed by atoms with van der Waals surface area (Å²) >= 11 is 0. The van der Waals surface area contributed by atoms with E-state index >= 15 is 0 Å². The van der Waals surface area contributed by atoms with Gasteiger partial charge in [-0.05, 0) is 25.1 Å². The van der Waals surface area contributed by atoms with E-state index in [1.807, 2.05) is 0 Å². The SMILES string of the molecule is CCS(=O)(=O)n1c(=O)n(C)c2ccc(N)cc21. The molecule has 1 aromatic heterocycles. The number of benzene rings is 1. The first-order valence-electron chi connectivity index (χ1n) is 5.08. The summed E-state index contributed by atoms with van der Waals surface area (Å²) in [6.45, 7) is 1.49. The van der Waals surface area contributed by atoms with E-state index in [1.54, 1.807) is 12.1 Å². The first kappa shape index (κ1) is 11.7. The monoisotopic (exact) mass is 255 g/mol. The lowest BCUT2D eigenvalue weighted by Gasteiger charge is -2.02. The number of hydrogen-bond donors (Lipinski definition) is 1. The average molecular weight is 255 g/mol. The van der Waals surface area contributed by atoms with Crippen LogP contribution in [0.25, 0.3) is 11.0 Å². The molecule has 0 unspecified atom stereocenters. The Bertz CT molecular complexity index is 740. The second-order valence-electron chi connectivity index (χ2n) is 3.75. The van der Waals surface area contributed by atoms with Crippen LogP contribution >= 0.6 is 0 Å². The molecule has 1 aromatic carbocycles. The summed E-state index contributed by atoms with van der Waals surface area (Å²) in [5.74, 6) is -0.138. The Morgan fingerprint density at radius 2 is 1.94 bits per heavy atom. The lowest BCUT2D eigenvalue weighted by molar-refractivity contribution is 0.587. The van der Waals surface area contributed by atoms with Crippen molar-refractivity contribution in [3.63, 3.8) is 0 Å². The van der Waals surface area contributed by atoms with Gasteiger partial charge in [0, 0.05) is 12.7 Å². The van der Waals surface area contributed by atoms with Crippen molar-refractivity contribution in [3.05, 3.63) is 28.7 Å². The predicted molar refractivity (Wildman–Crippen MR) is 66.5 cm³/mol. The maximum atomic E-state index is 11.9. The van der Waals surface area contributed by atoms with Gasteiger partial charge in [-0.3, -0.25) is 4.57 Å². The first-order chi connectivity index (χ1) is 7.88. The average Bonchev–Trinajstić information content (AvgIpc) is 2.51. The number of nitrogens with two attached hydrogens (primary N) is 1. The van der Waals surface area contributed by atoms with Crippen molar-refractivity contribution < 1.29 is 8.42 Å². The van der Waals surface area contributed by atoms with E-state index in [-0.39, 0.29) is 5.75 Å². The third-order valence-corrected chi connectivity index (χ3v) is 4.32. The third-order valence-electron chi connectivity index (χ3n) is 2.68. The van der Waals surface area contributed by atoms with Crippen LogP contribution in [0.2, 0.25) is 0 Å². The van der Waals surface area contributed by atoms with Crippen molar-refractivity contribution in [2.45, 2.75) is 6.92 Å². The van der Waals surface area contributed by atoms with E-state index < -0.39 is 15.7 Å². The molecule has 2 rings (SSSR count).